The monoisotopic (exact) mass is 558 g/mol. The zero-order valence-electron chi connectivity index (χ0n) is 20.4. The van der Waals surface area contributed by atoms with Gasteiger partial charge in [-0.2, -0.15) is 0 Å². The molecule has 11 heteroatoms. The Balaban J connectivity index is 1.73. The topological polar surface area (TPSA) is 92.3 Å². The highest BCUT2D eigenvalue weighted by Gasteiger charge is 2.31. The van der Waals surface area contributed by atoms with Crippen LogP contribution in [0.1, 0.15) is 19.3 Å². The highest BCUT2D eigenvalue weighted by atomic mass is 79.9. The number of ether oxygens (including phenoxy) is 10. The molecule has 1 unspecified atom stereocenters. The Kier molecular flexibility index (Phi) is 18.9. The predicted octanol–water partition coefficient (Wildman–Crippen LogP) is 1.81. The van der Waals surface area contributed by atoms with Crippen LogP contribution >= 0.6 is 15.9 Å². The summed E-state index contributed by atoms with van der Waals surface area (Å²) in [7, 11) is 0. The molecule has 2 aliphatic heterocycles. The lowest BCUT2D eigenvalue weighted by Gasteiger charge is -2.32. The second-order valence-electron chi connectivity index (χ2n) is 8.00. The molecule has 0 aromatic rings. The van der Waals surface area contributed by atoms with Gasteiger partial charge in [-0.25, -0.2) is 0 Å². The fourth-order valence-corrected chi connectivity index (χ4v) is 3.74. The van der Waals surface area contributed by atoms with Crippen molar-refractivity contribution < 1.29 is 47.4 Å². The Hall–Kier alpha value is 0.0800. The standard InChI is InChI=1S/C23H43BrO10/c24-19-23(34-18-17-33-22-3-1-2-4-32-22)20-30-15-13-28-11-9-26-7-5-25-6-8-27-10-12-29-14-16-31-21-23/h22H,1-21H2. The summed E-state index contributed by atoms with van der Waals surface area (Å²) in [5.41, 5.74) is -0.639. The van der Waals surface area contributed by atoms with Crippen molar-refractivity contribution in [3.05, 3.63) is 0 Å². The molecule has 0 amide bonds. The highest BCUT2D eigenvalue weighted by Crippen LogP contribution is 2.18. The van der Waals surface area contributed by atoms with Crippen molar-refractivity contribution in [1.29, 1.82) is 0 Å². The van der Waals surface area contributed by atoms with E-state index < -0.39 is 5.60 Å². The van der Waals surface area contributed by atoms with Crippen molar-refractivity contribution in [2.75, 3.05) is 118 Å². The molecule has 0 saturated carbocycles. The van der Waals surface area contributed by atoms with Gasteiger partial charge in [-0.15, -0.1) is 0 Å². The van der Waals surface area contributed by atoms with Gasteiger partial charge in [0.25, 0.3) is 0 Å². The zero-order valence-corrected chi connectivity index (χ0v) is 22.0. The van der Waals surface area contributed by atoms with Crippen LogP contribution in [-0.2, 0) is 47.4 Å². The fourth-order valence-electron chi connectivity index (χ4n) is 3.25. The largest absolute Gasteiger partial charge is 0.377 e. The van der Waals surface area contributed by atoms with E-state index in [4.69, 9.17) is 47.4 Å². The fraction of sp³-hybridized carbons (Fsp3) is 1.00. The molecular formula is C23H43BrO10. The van der Waals surface area contributed by atoms with Crippen LogP contribution in [0.2, 0.25) is 0 Å². The number of alkyl halides is 1. The molecule has 2 rings (SSSR count). The first kappa shape index (κ1) is 30.3. The van der Waals surface area contributed by atoms with Crippen molar-refractivity contribution in [1.82, 2.24) is 0 Å². The van der Waals surface area contributed by atoms with E-state index in [0.717, 1.165) is 25.9 Å². The molecule has 0 N–H and O–H groups in total. The summed E-state index contributed by atoms with van der Waals surface area (Å²) in [4.78, 5) is 0. The molecule has 0 aromatic carbocycles. The van der Waals surface area contributed by atoms with Gasteiger partial charge in [0, 0.05) is 11.9 Å². The summed E-state index contributed by atoms with van der Waals surface area (Å²) >= 11 is 3.58. The van der Waals surface area contributed by atoms with Crippen molar-refractivity contribution >= 4 is 15.9 Å². The van der Waals surface area contributed by atoms with Crippen molar-refractivity contribution in [3.63, 3.8) is 0 Å². The Morgan fingerprint density at radius 1 is 0.588 bits per heavy atom. The Bertz CT molecular complexity index is 431. The molecule has 0 radical (unpaired) electrons. The summed E-state index contributed by atoms with van der Waals surface area (Å²) in [6, 6.07) is 0. The second kappa shape index (κ2) is 21.2. The number of halogens is 1. The van der Waals surface area contributed by atoms with Crippen molar-refractivity contribution in [2.24, 2.45) is 0 Å². The van der Waals surface area contributed by atoms with Crippen LogP contribution < -0.4 is 0 Å². The average molecular weight is 559 g/mol. The number of hydrogen-bond donors (Lipinski definition) is 0. The second-order valence-corrected chi connectivity index (χ2v) is 8.56. The van der Waals surface area contributed by atoms with E-state index in [2.05, 4.69) is 15.9 Å². The van der Waals surface area contributed by atoms with E-state index in [1.54, 1.807) is 0 Å². The van der Waals surface area contributed by atoms with Gasteiger partial charge in [-0.3, -0.25) is 0 Å². The maximum Gasteiger partial charge on any atom is 0.157 e. The average Bonchev–Trinajstić information content (AvgIpc) is 2.87. The van der Waals surface area contributed by atoms with Gasteiger partial charge in [0.2, 0.25) is 0 Å². The summed E-state index contributed by atoms with van der Waals surface area (Å²) in [5.74, 6) is 0. The molecule has 10 nitrogen and oxygen atoms in total. The minimum Gasteiger partial charge on any atom is -0.377 e. The lowest BCUT2D eigenvalue weighted by molar-refractivity contribution is -0.185. The minimum absolute atomic E-state index is 0.132. The van der Waals surface area contributed by atoms with Crippen LogP contribution in [0.5, 0.6) is 0 Å². The van der Waals surface area contributed by atoms with Gasteiger partial charge < -0.3 is 47.4 Å². The van der Waals surface area contributed by atoms with Gasteiger partial charge >= 0.3 is 0 Å². The third-order valence-corrected chi connectivity index (χ3v) is 6.16. The first-order valence-corrected chi connectivity index (χ1v) is 13.4. The Morgan fingerprint density at radius 2 is 1.06 bits per heavy atom. The van der Waals surface area contributed by atoms with E-state index in [1.165, 1.54) is 0 Å². The lowest BCUT2D eigenvalue weighted by Crippen LogP contribution is -2.46. The smallest absolute Gasteiger partial charge is 0.157 e. The van der Waals surface area contributed by atoms with E-state index in [-0.39, 0.29) is 6.29 Å². The molecule has 34 heavy (non-hydrogen) atoms. The summed E-state index contributed by atoms with van der Waals surface area (Å²) in [6.45, 7) is 8.42. The molecule has 0 bridgehead atoms. The molecule has 0 spiro atoms. The van der Waals surface area contributed by atoms with E-state index >= 15 is 0 Å². The molecule has 2 saturated heterocycles. The SMILES string of the molecule is BrCC1(OCCOC2CCCCO2)COCCOCCOCCOCCOCCOCCOC1. The molecule has 0 aromatic heterocycles. The lowest BCUT2D eigenvalue weighted by atomic mass is 10.1. The van der Waals surface area contributed by atoms with Crippen LogP contribution in [0.15, 0.2) is 0 Å². The minimum atomic E-state index is -0.639. The van der Waals surface area contributed by atoms with Gasteiger partial charge in [-0.05, 0) is 19.3 Å². The molecule has 2 heterocycles. The Morgan fingerprint density at radius 3 is 1.47 bits per heavy atom. The molecule has 0 aliphatic carbocycles. The van der Waals surface area contributed by atoms with Gasteiger partial charge in [-0.1, -0.05) is 15.9 Å². The van der Waals surface area contributed by atoms with Crippen LogP contribution in [-0.4, -0.2) is 130 Å². The summed E-state index contributed by atoms with van der Waals surface area (Å²) in [5, 5.41) is 0.561. The van der Waals surface area contributed by atoms with Crippen LogP contribution in [0.3, 0.4) is 0 Å². The maximum atomic E-state index is 6.20. The molecular weight excluding hydrogens is 516 g/mol. The third-order valence-electron chi connectivity index (χ3n) is 5.14. The van der Waals surface area contributed by atoms with Gasteiger partial charge in [0.15, 0.2) is 6.29 Å². The highest BCUT2D eigenvalue weighted by molar-refractivity contribution is 9.09. The molecule has 202 valence electrons. The first-order chi connectivity index (χ1) is 16.8. The summed E-state index contributed by atoms with van der Waals surface area (Å²) in [6.07, 6.45) is 3.03. The normalized spacial score (nSPS) is 26.2. The van der Waals surface area contributed by atoms with Gasteiger partial charge in [0.1, 0.15) is 5.60 Å². The molecule has 2 fully saturated rings. The predicted molar refractivity (Wildman–Crippen MR) is 128 cm³/mol. The molecule has 2 aliphatic rings. The molecule has 1 atom stereocenters. The van der Waals surface area contributed by atoms with Crippen molar-refractivity contribution in [3.8, 4) is 0 Å². The van der Waals surface area contributed by atoms with Crippen molar-refractivity contribution in [2.45, 2.75) is 31.2 Å². The van der Waals surface area contributed by atoms with Crippen LogP contribution in [0.25, 0.3) is 0 Å². The number of rotatable bonds is 6. The Labute approximate surface area is 212 Å². The van der Waals surface area contributed by atoms with Crippen LogP contribution in [0.4, 0.5) is 0 Å². The van der Waals surface area contributed by atoms with E-state index in [1.807, 2.05) is 0 Å². The van der Waals surface area contributed by atoms with E-state index in [0.29, 0.717) is 111 Å². The maximum absolute atomic E-state index is 6.20. The summed E-state index contributed by atoms with van der Waals surface area (Å²) < 4.78 is 56.9. The number of hydrogen-bond acceptors (Lipinski definition) is 10. The van der Waals surface area contributed by atoms with Gasteiger partial charge in [0.05, 0.1) is 106 Å². The first-order valence-electron chi connectivity index (χ1n) is 12.3. The quantitative estimate of drug-likeness (QED) is 0.355. The van der Waals surface area contributed by atoms with Crippen LogP contribution in [0, 0.1) is 0 Å². The third kappa shape index (κ3) is 15.2. The zero-order chi connectivity index (χ0) is 24.0. The van der Waals surface area contributed by atoms with E-state index in [9.17, 15) is 0 Å².